The van der Waals surface area contributed by atoms with Crippen molar-refractivity contribution in [2.45, 2.75) is 45.4 Å². The van der Waals surface area contributed by atoms with Crippen LogP contribution in [0.1, 0.15) is 31.7 Å². The van der Waals surface area contributed by atoms with Gasteiger partial charge in [-0.15, -0.1) is 24.0 Å². The van der Waals surface area contributed by atoms with Gasteiger partial charge in [0, 0.05) is 31.7 Å². The second-order valence-corrected chi connectivity index (χ2v) is 6.46. The molecule has 160 valence electrons. The molecule has 1 aromatic rings. The molecule has 0 aliphatic carbocycles. The molecule has 1 heterocycles. The van der Waals surface area contributed by atoms with Gasteiger partial charge in [0.1, 0.15) is 11.5 Å². The number of hydrogen-bond donors (Lipinski definition) is 2. The van der Waals surface area contributed by atoms with Gasteiger partial charge < -0.3 is 20.1 Å². The third kappa shape index (κ3) is 7.57. The zero-order valence-electron chi connectivity index (χ0n) is 16.7. The standard InChI is InChI=1S/C19H30F2N4O2.HI/c1-4-15(25-9-5-6-10-25)13-24-19(22-2)23-12-14-11-16(26-3)7-8-17(14)27-18(20)21;/h7-8,11,15,18H,4-6,9-10,12-13H2,1-3H3,(H2,22,23,24);1H. The Hall–Kier alpha value is -1.36. The van der Waals surface area contributed by atoms with Crippen molar-refractivity contribution in [3.63, 3.8) is 0 Å². The second kappa shape index (κ2) is 13.0. The third-order valence-electron chi connectivity index (χ3n) is 4.79. The fourth-order valence-electron chi connectivity index (χ4n) is 3.28. The smallest absolute Gasteiger partial charge is 0.387 e. The fourth-order valence-corrected chi connectivity index (χ4v) is 3.28. The Morgan fingerprint density at radius 2 is 1.96 bits per heavy atom. The van der Waals surface area contributed by atoms with Gasteiger partial charge in [0.2, 0.25) is 0 Å². The van der Waals surface area contributed by atoms with Crippen LogP contribution in [0.25, 0.3) is 0 Å². The molecule has 2 rings (SSSR count). The molecule has 6 nitrogen and oxygen atoms in total. The van der Waals surface area contributed by atoms with Crippen LogP contribution in [0.4, 0.5) is 8.78 Å². The first kappa shape index (κ1) is 24.7. The molecule has 0 aromatic heterocycles. The lowest BCUT2D eigenvalue weighted by atomic mass is 10.2. The van der Waals surface area contributed by atoms with E-state index in [1.54, 1.807) is 19.2 Å². The van der Waals surface area contributed by atoms with Crippen LogP contribution in [0.3, 0.4) is 0 Å². The summed E-state index contributed by atoms with van der Waals surface area (Å²) in [6.45, 7) is 2.67. The first-order chi connectivity index (χ1) is 13.1. The molecule has 0 bridgehead atoms. The molecule has 0 saturated carbocycles. The molecule has 1 fully saturated rings. The van der Waals surface area contributed by atoms with Crippen LogP contribution in [0, 0.1) is 0 Å². The lowest BCUT2D eigenvalue weighted by molar-refractivity contribution is -0.0504. The highest BCUT2D eigenvalue weighted by molar-refractivity contribution is 14.0. The normalized spacial score (nSPS) is 15.9. The van der Waals surface area contributed by atoms with Gasteiger partial charge in [0.05, 0.1) is 7.11 Å². The number of nitrogens with one attached hydrogen (secondary N) is 2. The van der Waals surface area contributed by atoms with E-state index in [0.717, 1.165) is 26.1 Å². The predicted octanol–water partition coefficient (Wildman–Crippen LogP) is 3.45. The Kier molecular flexibility index (Phi) is 11.4. The summed E-state index contributed by atoms with van der Waals surface area (Å²) >= 11 is 0. The van der Waals surface area contributed by atoms with Crippen molar-refractivity contribution in [2.75, 3.05) is 33.8 Å². The lowest BCUT2D eigenvalue weighted by Crippen LogP contribution is -2.46. The molecule has 1 unspecified atom stereocenters. The molecule has 1 aliphatic rings. The van der Waals surface area contributed by atoms with Crippen molar-refractivity contribution in [2.24, 2.45) is 4.99 Å². The van der Waals surface area contributed by atoms with Gasteiger partial charge >= 0.3 is 6.61 Å². The summed E-state index contributed by atoms with van der Waals surface area (Å²) in [5.41, 5.74) is 0.573. The molecular formula is C19H31F2IN4O2. The van der Waals surface area contributed by atoms with Gasteiger partial charge in [-0.1, -0.05) is 6.92 Å². The molecule has 1 aromatic carbocycles. The molecule has 1 aliphatic heterocycles. The SMILES string of the molecule is CCC(CNC(=NC)NCc1cc(OC)ccc1OC(F)F)N1CCCC1.I. The number of halogens is 3. The molecule has 1 atom stereocenters. The molecule has 9 heteroatoms. The Labute approximate surface area is 183 Å². The van der Waals surface area contributed by atoms with Gasteiger partial charge in [-0.3, -0.25) is 9.89 Å². The topological polar surface area (TPSA) is 58.1 Å². The summed E-state index contributed by atoms with van der Waals surface area (Å²) < 4.78 is 35.0. The molecule has 1 saturated heterocycles. The van der Waals surface area contributed by atoms with E-state index in [2.05, 4.69) is 32.2 Å². The maximum absolute atomic E-state index is 12.6. The second-order valence-electron chi connectivity index (χ2n) is 6.46. The number of alkyl halides is 2. The third-order valence-corrected chi connectivity index (χ3v) is 4.79. The van der Waals surface area contributed by atoms with Crippen molar-refractivity contribution < 1.29 is 18.3 Å². The number of methoxy groups -OCH3 is 1. The minimum absolute atomic E-state index is 0. The number of aliphatic imine (C=N–C) groups is 1. The number of ether oxygens (including phenoxy) is 2. The predicted molar refractivity (Wildman–Crippen MR) is 118 cm³/mol. The summed E-state index contributed by atoms with van der Waals surface area (Å²) in [7, 11) is 3.22. The summed E-state index contributed by atoms with van der Waals surface area (Å²) in [4.78, 5) is 6.72. The van der Waals surface area contributed by atoms with Crippen molar-refractivity contribution >= 4 is 29.9 Å². The first-order valence-electron chi connectivity index (χ1n) is 9.37. The van der Waals surface area contributed by atoms with Crippen molar-refractivity contribution in [1.82, 2.24) is 15.5 Å². The summed E-state index contributed by atoms with van der Waals surface area (Å²) in [5.74, 6) is 1.33. The highest BCUT2D eigenvalue weighted by atomic mass is 127. The van der Waals surface area contributed by atoms with E-state index >= 15 is 0 Å². The van der Waals surface area contributed by atoms with E-state index in [9.17, 15) is 8.78 Å². The Morgan fingerprint density at radius 1 is 1.25 bits per heavy atom. The van der Waals surface area contributed by atoms with E-state index < -0.39 is 6.61 Å². The zero-order valence-corrected chi connectivity index (χ0v) is 19.0. The fraction of sp³-hybridized carbons (Fsp3) is 0.632. The quantitative estimate of drug-likeness (QED) is 0.302. The van der Waals surface area contributed by atoms with Crippen LogP contribution in [0.15, 0.2) is 23.2 Å². The molecular weight excluding hydrogens is 481 g/mol. The number of benzene rings is 1. The van der Waals surface area contributed by atoms with Crippen LogP contribution in [-0.4, -0.2) is 57.3 Å². The van der Waals surface area contributed by atoms with Crippen LogP contribution in [0.5, 0.6) is 11.5 Å². The number of nitrogens with zero attached hydrogens (tertiary/aromatic N) is 2. The van der Waals surface area contributed by atoms with Gasteiger partial charge in [0.15, 0.2) is 5.96 Å². The van der Waals surface area contributed by atoms with Gasteiger partial charge in [-0.2, -0.15) is 8.78 Å². The number of rotatable bonds is 9. The number of hydrogen-bond acceptors (Lipinski definition) is 4. The van der Waals surface area contributed by atoms with Crippen LogP contribution in [-0.2, 0) is 6.54 Å². The van der Waals surface area contributed by atoms with E-state index in [0.29, 0.717) is 29.9 Å². The van der Waals surface area contributed by atoms with E-state index in [-0.39, 0.29) is 29.7 Å². The first-order valence-corrected chi connectivity index (χ1v) is 9.37. The summed E-state index contributed by atoms with van der Waals surface area (Å²) in [5, 5.41) is 6.49. The van der Waals surface area contributed by atoms with E-state index in [1.165, 1.54) is 26.0 Å². The minimum Gasteiger partial charge on any atom is -0.497 e. The minimum atomic E-state index is -2.87. The maximum Gasteiger partial charge on any atom is 0.387 e. The Bertz CT molecular complexity index is 614. The molecule has 28 heavy (non-hydrogen) atoms. The molecule has 0 spiro atoms. The number of guanidine groups is 1. The molecule has 2 N–H and O–H groups in total. The summed E-state index contributed by atoms with van der Waals surface area (Å²) in [6.07, 6.45) is 3.57. The van der Waals surface area contributed by atoms with Crippen LogP contribution < -0.4 is 20.1 Å². The van der Waals surface area contributed by atoms with Crippen LogP contribution in [0.2, 0.25) is 0 Å². The lowest BCUT2D eigenvalue weighted by Gasteiger charge is -2.27. The van der Waals surface area contributed by atoms with E-state index in [1.807, 2.05) is 0 Å². The van der Waals surface area contributed by atoms with Crippen LogP contribution >= 0.6 is 24.0 Å². The van der Waals surface area contributed by atoms with Gasteiger partial charge in [0.25, 0.3) is 0 Å². The Balaban J connectivity index is 0.00000392. The monoisotopic (exact) mass is 512 g/mol. The molecule has 0 radical (unpaired) electrons. The Morgan fingerprint density at radius 3 is 2.54 bits per heavy atom. The van der Waals surface area contributed by atoms with Crippen molar-refractivity contribution in [1.29, 1.82) is 0 Å². The number of likely N-dealkylation sites (tertiary alicyclic amines) is 1. The average molecular weight is 512 g/mol. The largest absolute Gasteiger partial charge is 0.497 e. The van der Waals surface area contributed by atoms with Crippen molar-refractivity contribution in [3.8, 4) is 11.5 Å². The highest BCUT2D eigenvalue weighted by Crippen LogP contribution is 2.25. The maximum atomic E-state index is 12.6. The van der Waals surface area contributed by atoms with Gasteiger partial charge in [-0.25, -0.2) is 0 Å². The van der Waals surface area contributed by atoms with E-state index in [4.69, 9.17) is 4.74 Å². The zero-order chi connectivity index (χ0) is 19.6. The summed E-state index contributed by atoms with van der Waals surface area (Å²) in [6, 6.07) is 5.21. The van der Waals surface area contributed by atoms with Gasteiger partial charge in [-0.05, 0) is 50.6 Å². The average Bonchev–Trinajstić information content (AvgIpc) is 3.19. The molecule has 0 amide bonds. The van der Waals surface area contributed by atoms with Crippen molar-refractivity contribution in [3.05, 3.63) is 23.8 Å². The highest BCUT2D eigenvalue weighted by Gasteiger charge is 2.20.